The highest BCUT2D eigenvalue weighted by atomic mass is 35.5. The van der Waals surface area contributed by atoms with Crippen molar-refractivity contribution in [1.82, 2.24) is 14.8 Å². The topological polar surface area (TPSA) is 81.1 Å². The second-order valence-corrected chi connectivity index (χ2v) is 9.06. The van der Waals surface area contributed by atoms with Crippen LogP contribution in [-0.4, -0.2) is 32.5 Å². The van der Waals surface area contributed by atoms with Crippen molar-refractivity contribution in [2.75, 3.05) is 17.2 Å². The Morgan fingerprint density at radius 2 is 2.03 bits per heavy atom. The quantitative estimate of drug-likeness (QED) is 0.387. The predicted molar refractivity (Wildman–Crippen MR) is 127 cm³/mol. The molecule has 3 aromatic rings. The summed E-state index contributed by atoms with van der Waals surface area (Å²) < 4.78 is 7.00. The molecule has 1 aliphatic carbocycles. The molecule has 1 aliphatic rings. The fourth-order valence-corrected chi connectivity index (χ4v) is 5.18. The van der Waals surface area contributed by atoms with Gasteiger partial charge in [0.15, 0.2) is 5.11 Å². The molecule has 1 aromatic carbocycles. The monoisotopic (exact) mass is 475 g/mol. The number of halogens is 1. The Morgan fingerprint density at radius 3 is 2.81 bits per heavy atom. The summed E-state index contributed by atoms with van der Waals surface area (Å²) in [7, 11) is 0. The third-order valence-corrected chi connectivity index (χ3v) is 6.56. The summed E-state index contributed by atoms with van der Waals surface area (Å²) in [5, 5.41) is 12.3. The van der Waals surface area contributed by atoms with Crippen molar-refractivity contribution in [3.05, 3.63) is 57.2 Å². The number of esters is 1. The molecule has 0 saturated heterocycles. The molecule has 0 fully saturated rings. The zero-order valence-corrected chi connectivity index (χ0v) is 19.4. The van der Waals surface area contributed by atoms with Crippen LogP contribution in [-0.2, 0) is 24.1 Å². The minimum absolute atomic E-state index is 0.308. The van der Waals surface area contributed by atoms with E-state index in [-0.39, 0.29) is 5.97 Å². The van der Waals surface area contributed by atoms with Crippen LogP contribution in [0.25, 0.3) is 0 Å². The third-order valence-electron chi connectivity index (χ3n) is 4.90. The molecule has 10 heteroatoms. The first kappa shape index (κ1) is 21.7. The third kappa shape index (κ3) is 5.23. The minimum atomic E-state index is -0.308. The highest BCUT2D eigenvalue weighted by Crippen LogP contribution is 2.38. The summed E-state index contributed by atoms with van der Waals surface area (Å²) in [6, 6.07) is 7.57. The molecule has 0 amide bonds. The summed E-state index contributed by atoms with van der Waals surface area (Å²) in [6.45, 7) is 2.71. The predicted octanol–water partition coefficient (Wildman–Crippen LogP) is 4.91. The van der Waals surface area contributed by atoms with Gasteiger partial charge in [0.1, 0.15) is 11.3 Å². The molecule has 0 saturated carbocycles. The maximum atomic E-state index is 12.6. The van der Waals surface area contributed by atoms with Gasteiger partial charge in [-0.05, 0) is 68.1 Å². The van der Waals surface area contributed by atoms with Gasteiger partial charge in [-0.1, -0.05) is 23.7 Å². The number of thiophene rings is 1. The maximum absolute atomic E-state index is 12.6. The van der Waals surface area contributed by atoms with Crippen LogP contribution in [0.5, 0.6) is 0 Å². The Kier molecular flexibility index (Phi) is 6.84. The number of carbonyl (C=O) groups is 1. The first-order valence-electron chi connectivity index (χ1n) is 10.1. The lowest BCUT2D eigenvalue weighted by molar-refractivity contribution is 0.0526. The van der Waals surface area contributed by atoms with Crippen molar-refractivity contribution < 1.29 is 9.53 Å². The average Bonchev–Trinajstić information content (AvgIpc) is 3.33. The van der Waals surface area contributed by atoms with Crippen LogP contribution in [0.15, 0.2) is 30.6 Å². The second-order valence-electron chi connectivity index (χ2n) is 7.11. The summed E-state index contributed by atoms with van der Waals surface area (Å²) in [6.07, 6.45) is 5.71. The molecule has 2 N–H and O–H groups in total. The number of rotatable bonds is 6. The van der Waals surface area contributed by atoms with Crippen LogP contribution >= 0.6 is 35.2 Å². The van der Waals surface area contributed by atoms with Crippen LogP contribution in [0.2, 0.25) is 5.02 Å². The van der Waals surface area contributed by atoms with E-state index in [9.17, 15) is 4.79 Å². The number of nitrogens with zero attached hydrogens (tertiary/aromatic N) is 3. The lowest BCUT2D eigenvalue weighted by atomic mass is 9.95. The highest BCUT2D eigenvalue weighted by Gasteiger charge is 2.26. The summed E-state index contributed by atoms with van der Waals surface area (Å²) in [5.41, 5.74) is 2.75. The summed E-state index contributed by atoms with van der Waals surface area (Å²) in [4.78, 5) is 18.1. The Hall–Kier alpha value is -2.49. The Balaban J connectivity index is 1.44. The molecule has 0 bridgehead atoms. The van der Waals surface area contributed by atoms with Crippen LogP contribution in [0.1, 0.15) is 46.1 Å². The number of aromatic nitrogens is 3. The van der Waals surface area contributed by atoms with Crippen molar-refractivity contribution in [1.29, 1.82) is 0 Å². The lowest BCUT2D eigenvalue weighted by Gasteiger charge is -2.12. The molecule has 2 aromatic heterocycles. The van der Waals surface area contributed by atoms with E-state index < -0.39 is 0 Å². The Bertz CT molecular complexity index is 1090. The SMILES string of the molecule is CCOC(=O)c1c(NC(=S)Nc2ncn(Cc3ccc(Cl)cc3)n2)sc2c1CCCC2. The number of carbonyl (C=O) groups excluding carboxylic acids is 1. The molecule has 31 heavy (non-hydrogen) atoms. The lowest BCUT2D eigenvalue weighted by Crippen LogP contribution is -2.21. The van der Waals surface area contributed by atoms with Crippen molar-refractivity contribution in [3.63, 3.8) is 0 Å². The number of nitrogens with one attached hydrogen (secondary N) is 2. The summed E-state index contributed by atoms with van der Waals surface area (Å²) >= 11 is 12.9. The zero-order valence-electron chi connectivity index (χ0n) is 17.0. The van der Waals surface area contributed by atoms with E-state index in [1.54, 1.807) is 22.3 Å². The second kappa shape index (κ2) is 9.76. The van der Waals surface area contributed by atoms with Crippen molar-refractivity contribution >= 4 is 57.2 Å². The first-order chi connectivity index (χ1) is 15.0. The van der Waals surface area contributed by atoms with E-state index in [1.807, 2.05) is 31.2 Å². The van der Waals surface area contributed by atoms with Gasteiger partial charge in [-0.25, -0.2) is 14.5 Å². The number of hydrogen-bond acceptors (Lipinski definition) is 6. The van der Waals surface area contributed by atoms with Gasteiger partial charge in [-0.2, -0.15) is 0 Å². The Morgan fingerprint density at radius 1 is 1.26 bits per heavy atom. The van der Waals surface area contributed by atoms with Crippen LogP contribution in [0, 0.1) is 0 Å². The molecule has 0 radical (unpaired) electrons. The van der Waals surface area contributed by atoms with Gasteiger partial charge < -0.3 is 10.1 Å². The number of aryl methyl sites for hydroxylation is 1. The van der Waals surface area contributed by atoms with Crippen molar-refractivity contribution in [2.45, 2.75) is 39.2 Å². The molecule has 0 atom stereocenters. The molecule has 7 nitrogen and oxygen atoms in total. The normalized spacial score (nSPS) is 12.8. The van der Waals surface area contributed by atoms with Crippen molar-refractivity contribution in [3.8, 4) is 0 Å². The van der Waals surface area contributed by atoms with Gasteiger partial charge >= 0.3 is 5.97 Å². The molecule has 0 spiro atoms. The van der Waals surface area contributed by atoms with E-state index in [0.29, 0.717) is 39.8 Å². The fourth-order valence-electron chi connectivity index (χ4n) is 3.51. The van der Waals surface area contributed by atoms with Crippen LogP contribution < -0.4 is 10.6 Å². The van der Waals surface area contributed by atoms with E-state index in [1.165, 1.54) is 4.88 Å². The van der Waals surface area contributed by atoms with Gasteiger partial charge in [-0.3, -0.25) is 5.32 Å². The van der Waals surface area contributed by atoms with E-state index in [2.05, 4.69) is 20.7 Å². The first-order valence-corrected chi connectivity index (χ1v) is 11.7. The van der Waals surface area contributed by atoms with Crippen LogP contribution in [0.4, 0.5) is 10.9 Å². The van der Waals surface area contributed by atoms with Gasteiger partial charge in [0.25, 0.3) is 0 Å². The number of hydrogen-bond donors (Lipinski definition) is 2. The zero-order chi connectivity index (χ0) is 21.8. The molecule has 2 heterocycles. The van der Waals surface area contributed by atoms with Crippen molar-refractivity contribution in [2.24, 2.45) is 0 Å². The highest BCUT2D eigenvalue weighted by molar-refractivity contribution is 7.80. The number of benzene rings is 1. The van der Waals surface area contributed by atoms with Gasteiger partial charge in [-0.15, -0.1) is 16.4 Å². The average molecular weight is 476 g/mol. The number of thiocarbonyl (C=S) groups is 1. The standard InChI is InChI=1S/C21H22ClN5O2S2/c1-2-29-19(28)17-15-5-3-4-6-16(15)31-18(17)24-21(30)25-20-23-12-27(26-20)11-13-7-9-14(22)10-8-13/h7-10,12H,2-6,11H2,1H3,(H2,24,25,26,30). The van der Waals surface area contributed by atoms with E-state index in [0.717, 1.165) is 36.8 Å². The van der Waals surface area contributed by atoms with E-state index >= 15 is 0 Å². The van der Waals surface area contributed by atoms with Gasteiger partial charge in [0, 0.05) is 9.90 Å². The van der Waals surface area contributed by atoms with Gasteiger partial charge in [0.05, 0.1) is 18.7 Å². The van der Waals surface area contributed by atoms with E-state index in [4.69, 9.17) is 28.6 Å². The molecule has 162 valence electrons. The number of anilines is 2. The fraction of sp³-hybridized carbons (Fsp3) is 0.333. The van der Waals surface area contributed by atoms with Crippen LogP contribution in [0.3, 0.4) is 0 Å². The Labute approximate surface area is 194 Å². The van der Waals surface area contributed by atoms with Gasteiger partial charge in [0.2, 0.25) is 5.95 Å². The minimum Gasteiger partial charge on any atom is -0.462 e. The molecule has 0 aliphatic heterocycles. The number of ether oxygens (including phenoxy) is 1. The maximum Gasteiger partial charge on any atom is 0.341 e. The molecular weight excluding hydrogens is 454 g/mol. The smallest absolute Gasteiger partial charge is 0.341 e. The largest absolute Gasteiger partial charge is 0.462 e. The molecule has 4 rings (SSSR count). The summed E-state index contributed by atoms with van der Waals surface area (Å²) in [5.74, 6) is 0.0723. The molecule has 0 unspecified atom stereocenters. The number of fused-ring (bicyclic) bond motifs is 1. The molecular formula is C21H22ClN5O2S2.